The van der Waals surface area contributed by atoms with E-state index in [2.05, 4.69) is 105 Å². The van der Waals surface area contributed by atoms with Gasteiger partial charge in [0, 0.05) is 0 Å². The van der Waals surface area contributed by atoms with E-state index < -0.39 is 17.9 Å². The summed E-state index contributed by atoms with van der Waals surface area (Å²) in [6.45, 7) is 4.61. The summed E-state index contributed by atoms with van der Waals surface area (Å²) < 4.78 is 16.3. The number of carbonyl (C=O) groups excluding carboxylic acids is 3. The number of hydrogen-bond acceptors (Lipinski definition) is 9. The molecule has 0 amide bonds. The maximum atomic E-state index is 9.99. The van der Waals surface area contributed by atoms with Crippen LogP contribution in [0.3, 0.4) is 0 Å². The minimum absolute atomic E-state index is 0.165. The van der Waals surface area contributed by atoms with Gasteiger partial charge in [0.25, 0.3) is 0 Å². The van der Waals surface area contributed by atoms with E-state index in [1.54, 1.807) is 22.5 Å². The second-order valence-corrected chi connectivity index (χ2v) is 11.0. The molecule has 0 aliphatic carbocycles. The molecule has 1 aromatic carbocycles. The van der Waals surface area contributed by atoms with Gasteiger partial charge >= 0.3 is 82.1 Å². The number of benzene rings is 1. The number of carboxylic acids is 3. The van der Waals surface area contributed by atoms with Crippen molar-refractivity contribution < 1.29 is 43.0 Å². The number of carboxylic acid groups (broad SMARTS) is 3. The number of carbonyl (C=O) groups is 3. The Balaban J connectivity index is 0.000000254. The summed E-state index contributed by atoms with van der Waals surface area (Å²) in [7, 11) is 0. The van der Waals surface area contributed by atoms with Crippen molar-refractivity contribution >= 4 is 88.2 Å². The van der Waals surface area contributed by atoms with Gasteiger partial charge in [0.05, 0.1) is 0 Å². The van der Waals surface area contributed by atoms with E-state index in [9.17, 15) is 29.7 Å². The largest absolute Gasteiger partial charge is 0.542 e. The fourth-order valence-electron chi connectivity index (χ4n) is 2.26. The third-order valence-electron chi connectivity index (χ3n) is 4.32. The van der Waals surface area contributed by atoms with Crippen LogP contribution in [0.15, 0.2) is 94.0 Å². The van der Waals surface area contributed by atoms with Gasteiger partial charge in [-0.2, -0.15) is 0 Å². The van der Waals surface area contributed by atoms with E-state index in [-0.39, 0.29) is 17.3 Å². The Kier molecular flexibility index (Phi) is 14.8. The van der Waals surface area contributed by atoms with E-state index in [1.165, 1.54) is 46.4 Å². The molecular weight excluding hydrogens is 803 g/mol. The fourth-order valence-corrected chi connectivity index (χ4v) is 3.77. The molecule has 0 aliphatic heterocycles. The number of furan rings is 3. The van der Waals surface area contributed by atoms with Crippen LogP contribution in [0, 0.1) is 0 Å². The first-order chi connectivity index (χ1) is 17.8. The number of hydrogen-bond donors (Lipinski definition) is 0. The fraction of sp³-hybridized carbons (Fsp3) is 0.160. The van der Waals surface area contributed by atoms with Gasteiger partial charge in [-0.3, -0.25) is 0 Å². The number of rotatable bonds is 5. The summed E-state index contributed by atoms with van der Waals surface area (Å²) in [5.74, 6) is -4.41. The number of aromatic carboxylic acids is 3. The van der Waals surface area contributed by atoms with E-state index in [0.29, 0.717) is 19.4 Å². The zero-order valence-electron chi connectivity index (χ0n) is 19.9. The Morgan fingerprint density at radius 2 is 0.974 bits per heavy atom. The van der Waals surface area contributed by atoms with Crippen molar-refractivity contribution in [2.45, 2.75) is 23.7 Å². The summed E-state index contributed by atoms with van der Waals surface area (Å²) in [6, 6.07) is 19.2. The molecule has 0 N–H and O–H groups in total. The van der Waals surface area contributed by atoms with Crippen LogP contribution < -0.4 is 15.3 Å². The Labute approximate surface area is 256 Å². The maximum absolute atomic E-state index is 9.99. The molecule has 0 saturated carbocycles. The Morgan fingerprint density at radius 1 is 0.658 bits per heavy atom. The van der Waals surface area contributed by atoms with Gasteiger partial charge in [-0.05, 0) is 84.2 Å². The molecule has 38 heavy (non-hydrogen) atoms. The molecule has 4 aromatic rings. The molecule has 0 unspecified atom stereocenters. The molecule has 0 bridgehead atoms. The third kappa shape index (κ3) is 12.5. The maximum Gasteiger partial charge on any atom is 0.169 e. The summed E-state index contributed by atoms with van der Waals surface area (Å²) in [5, 5.41) is 30.0. The molecule has 0 fully saturated rings. The summed E-state index contributed by atoms with van der Waals surface area (Å²) >= 11 is 10.4. The standard InChI is InChI=1S/C10H13.3C5H3BrO3.Sn/c1-10(2,3)9-7-5-4-6-8-9;3*6-4-2-1-3(9-4)5(7)8;/h4-8H,1H2,2-3H3;3*1-2H,(H,7,8);/q;;;;+3/p-3. The van der Waals surface area contributed by atoms with E-state index >= 15 is 0 Å². The van der Waals surface area contributed by atoms with Crippen molar-refractivity contribution in [1.82, 2.24) is 0 Å². The predicted octanol–water partition coefficient (Wildman–Crippen LogP) is 3.77. The second kappa shape index (κ2) is 16.6. The molecule has 9 nitrogen and oxygen atoms in total. The molecule has 0 saturated heterocycles. The van der Waals surface area contributed by atoms with Crippen molar-refractivity contribution in [2.24, 2.45) is 0 Å². The first-order valence-electron chi connectivity index (χ1n) is 10.4. The van der Waals surface area contributed by atoms with Crippen LogP contribution >= 0.6 is 47.8 Å². The summed E-state index contributed by atoms with van der Waals surface area (Å²) in [6.07, 6.45) is 0. The minimum atomic E-state index is -1.30. The monoisotopic (exact) mass is 820 g/mol. The normalized spacial score (nSPS) is 10.1. The molecule has 3 aromatic heterocycles. The average Bonchev–Trinajstić information content (AvgIpc) is 3.62. The third-order valence-corrected chi connectivity index (χ3v) is 8.12. The van der Waals surface area contributed by atoms with Gasteiger partial charge in [-0.15, -0.1) is 0 Å². The van der Waals surface area contributed by atoms with E-state index in [0.717, 1.165) is 0 Å². The summed E-state index contributed by atoms with van der Waals surface area (Å²) in [5.41, 5.74) is 1.83. The Bertz CT molecular complexity index is 1190. The van der Waals surface area contributed by atoms with Crippen LogP contribution in [-0.2, 0) is 5.41 Å². The van der Waals surface area contributed by atoms with Crippen LogP contribution in [0.2, 0.25) is 4.44 Å². The Morgan fingerprint density at radius 3 is 1.16 bits per heavy atom. The molecule has 13 heteroatoms. The van der Waals surface area contributed by atoms with Gasteiger partial charge < -0.3 is 43.0 Å². The quantitative estimate of drug-likeness (QED) is 0.273. The van der Waals surface area contributed by atoms with Gasteiger partial charge in [0.15, 0.2) is 31.3 Å². The van der Waals surface area contributed by atoms with Crippen molar-refractivity contribution in [3.63, 3.8) is 0 Å². The first-order valence-corrected chi connectivity index (χ1v) is 14.8. The van der Waals surface area contributed by atoms with Crippen LogP contribution in [0.4, 0.5) is 0 Å². The first kappa shape index (κ1) is 33.7. The van der Waals surface area contributed by atoms with Gasteiger partial charge in [0.1, 0.15) is 17.9 Å². The van der Waals surface area contributed by atoms with Crippen molar-refractivity contribution in [3.05, 3.63) is 104 Å². The number of halogens is 3. The molecular formula is C25H19Br3O9Sn. The Hall–Kier alpha value is -2.29. The predicted molar refractivity (Wildman–Crippen MR) is 142 cm³/mol. The van der Waals surface area contributed by atoms with Crippen LogP contribution in [0.5, 0.6) is 0 Å². The average molecular weight is 822 g/mol. The van der Waals surface area contributed by atoms with Crippen molar-refractivity contribution in [3.8, 4) is 0 Å². The van der Waals surface area contributed by atoms with Gasteiger partial charge in [-0.1, -0.05) is 0 Å². The smallest absolute Gasteiger partial charge is 0.169 e. The van der Waals surface area contributed by atoms with Crippen LogP contribution in [0.25, 0.3) is 0 Å². The van der Waals surface area contributed by atoms with Crippen molar-refractivity contribution in [1.29, 1.82) is 0 Å². The topological polar surface area (TPSA) is 160 Å². The molecule has 0 radical (unpaired) electrons. The molecule has 0 atom stereocenters. The molecule has 198 valence electrons. The summed E-state index contributed by atoms with van der Waals surface area (Å²) in [4.78, 5) is 30.0. The van der Waals surface area contributed by atoms with E-state index in [1.807, 2.05) is 0 Å². The minimum Gasteiger partial charge on any atom is -0.542 e. The van der Waals surface area contributed by atoms with Gasteiger partial charge in [0.2, 0.25) is 0 Å². The van der Waals surface area contributed by atoms with Crippen LogP contribution in [0.1, 0.15) is 51.1 Å². The SMILES string of the molecule is CC(C)([CH2][Sn+3])c1ccccc1.O=C([O-])c1ccc(Br)o1.O=C([O-])c1ccc(Br)o1.O=C([O-])c1ccc(Br)o1. The van der Waals surface area contributed by atoms with Crippen molar-refractivity contribution in [2.75, 3.05) is 0 Å². The van der Waals surface area contributed by atoms with E-state index in [4.69, 9.17) is 0 Å². The van der Waals surface area contributed by atoms with Gasteiger partial charge in [-0.25, -0.2) is 0 Å². The van der Waals surface area contributed by atoms with Crippen LogP contribution in [-0.4, -0.2) is 40.4 Å². The zero-order chi connectivity index (χ0) is 28.9. The molecule has 0 aliphatic rings. The molecule has 0 spiro atoms. The zero-order valence-corrected chi connectivity index (χ0v) is 27.5. The second-order valence-electron chi connectivity index (χ2n) is 7.60. The molecule has 4 rings (SSSR count). The molecule has 3 heterocycles.